The molecule has 66 valence electrons. The predicted octanol–water partition coefficient (Wildman–Crippen LogP) is 2.89. The smallest absolute Gasteiger partial charge is 0.0682 e. The van der Waals surface area contributed by atoms with Gasteiger partial charge in [0.25, 0.3) is 0 Å². The Kier molecular flexibility index (Phi) is 3.76. The lowest BCUT2D eigenvalue weighted by molar-refractivity contribution is 0.281. The molecular weight excluding hydrogens is 216 g/mol. The van der Waals surface area contributed by atoms with Crippen LogP contribution in [0.4, 0.5) is 0 Å². The van der Waals surface area contributed by atoms with Gasteiger partial charge in [0.2, 0.25) is 0 Å². The highest BCUT2D eigenvalue weighted by atomic mass is 79.9. The minimum absolute atomic E-state index is 0.116. The molecule has 0 unspecified atom stereocenters. The molecule has 1 N–H and O–H groups in total. The van der Waals surface area contributed by atoms with Crippen LogP contribution < -0.4 is 0 Å². The Morgan fingerprint density at radius 2 is 2.17 bits per heavy atom. The molecule has 0 saturated carbocycles. The summed E-state index contributed by atoms with van der Waals surface area (Å²) in [4.78, 5) is 0. The molecule has 1 aromatic carbocycles. The lowest BCUT2D eigenvalue weighted by Gasteiger charge is -2.03. The maximum atomic E-state index is 8.86. The van der Waals surface area contributed by atoms with Crippen molar-refractivity contribution in [3.63, 3.8) is 0 Å². The first kappa shape index (κ1) is 9.75. The van der Waals surface area contributed by atoms with Crippen LogP contribution in [0.2, 0.25) is 0 Å². The number of aliphatic hydroxyl groups excluding tert-OH is 1. The van der Waals surface area contributed by atoms with E-state index in [1.165, 1.54) is 5.56 Å². The zero-order chi connectivity index (χ0) is 8.97. The number of halogens is 1. The summed E-state index contributed by atoms with van der Waals surface area (Å²) in [5.41, 5.74) is 2.27. The van der Waals surface area contributed by atoms with E-state index in [4.69, 9.17) is 5.11 Å². The van der Waals surface area contributed by atoms with E-state index in [1.54, 1.807) is 0 Å². The van der Waals surface area contributed by atoms with Crippen LogP contribution in [0.25, 0.3) is 0 Å². The molecular formula is C10H13BrO. The third-order valence-corrected chi connectivity index (χ3v) is 2.56. The Labute approximate surface area is 81.6 Å². The van der Waals surface area contributed by atoms with Crippen molar-refractivity contribution >= 4 is 15.9 Å². The van der Waals surface area contributed by atoms with E-state index < -0.39 is 0 Å². The van der Waals surface area contributed by atoms with Gasteiger partial charge >= 0.3 is 0 Å². The van der Waals surface area contributed by atoms with Crippen molar-refractivity contribution in [2.45, 2.75) is 26.4 Å². The van der Waals surface area contributed by atoms with Crippen LogP contribution in [-0.2, 0) is 13.0 Å². The highest BCUT2D eigenvalue weighted by molar-refractivity contribution is 9.10. The average Bonchev–Trinajstić information content (AvgIpc) is 2.09. The van der Waals surface area contributed by atoms with Crippen LogP contribution in [0.5, 0.6) is 0 Å². The molecule has 0 aromatic heterocycles. The number of aryl methyl sites for hydroxylation is 1. The van der Waals surface area contributed by atoms with Crippen molar-refractivity contribution in [1.29, 1.82) is 0 Å². The van der Waals surface area contributed by atoms with E-state index in [2.05, 4.69) is 28.9 Å². The fourth-order valence-corrected chi connectivity index (χ4v) is 1.79. The fraction of sp³-hybridized carbons (Fsp3) is 0.400. The molecule has 0 aliphatic rings. The molecule has 0 heterocycles. The first-order valence-electron chi connectivity index (χ1n) is 4.16. The standard InChI is InChI=1S/C10H13BrO/c1-2-3-9-5-4-8(7-12)6-10(9)11/h4-6,12H,2-3,7H2,1H3. The summed E-state index contributed by atoms with van der Waals surface area (Å²) in [5.74, 6) is 0. The summed E-state index contributed by atoms with van der Waals surface area (Å²) < 4.78 is 1.11. The van der Waals surface area contributed by atoms with Crippen molar-refractivity contribution in [2.24, 2.45) is 0 Å². The van der Waals surface area contributed by atoms with Crippen LogP contribution >= 0.6 is 15.9 Å². The molecule has 1 nitrogen and oxygen atoms in total. The molecule has 0 spiro atoms. The number of rotatable bonds is 3. The molecule has 0 bridgehead atoms. The summed E-state index contributed by atoms with van der Waals surface area (Å²) in [6.45, 7) is 2.28. The Morgan fingerprint density at radius 1 is 1.42 bits per heavy atom. The van der Waals surface area contributed by atoms with E-state index in [9.17, 15) is 0 Å². The summed E-state index contributed by atoms with van der Waals surface area (Å²) in [5, 5.41) is 8.86. The van der Waals surface area contributed by atoms with Crippen molar-refractivity contribution in [2.75, 3.05) is 0 Å². The molecule has 0 radical (unpaired) electrons. The van der Waals surface area contributed by atoms with Gasteiger partial charge in [-0.15, -0.1) is 0 Å². The molecule has 0 saturated heterocycles. The highest BCUT2D eigenvalue weighted by Crippen LogP contribution is 2.19. The third-order valence-electron chi connectivity index (χ3n) is 1.82. The van der Waals surface area contributed by atoms with Crippen molar-refractivity contribution in [3.05, 3.63) is 33.8 Å². The van der Waals surface area contributed by atoms with E-state index in [0.717, 1.165) is 22.9 Å². The monoisotopic (exact) mass is 228 g/mol. The SMILES string of the molecule is CCCc1ccc(CO)cc1Br. The van der Waals surface area contributed by atoms with Gasteiger partial charge in [0.15, 0.2) is 0 Å². The van der Waals surface area contributed by atoms with Gasteiger partial charge in [-0.25, -0.2) is 0 Å². The first-order valence-corrected chi connectivity index (χ1v) is 4.95. The maximum absolute atomic E-state index is 8.86. The quantitative estimate of drug-likeness (QED) is 0.844. The lowest BCUT2D eigenvalue weighted by Crippen LogP contribution is -1.88. The van der Waals surface area contributed by atoms with Gasteiger partial charge in [-0.05, 0) is 23.6 Å². The molecule has 0 atom stereocenters. The second-order valence-electron chi connectivity index (χ2n) is 2.83. The number of aliphatic hydroxyl groups is 1. The van der Waals surface area contributed by atoms with Gasteiger partial charge in [0.1, 0.15) is 0 Å². The van der Waals surface area contributed by atoms with Gasteiger partial charge in [-0.2, -0.15) is 0 Å². The number of benzene rings is 1. The van der Waals surface area contributed by atoms with E-state index in [1.807, 2.05) is 12.1 Å². The largest absolute Gasteiger partial charge is 0.392 e. The summed E-state index contributed by atoms with van der Waals surface area (Å²) >= 11 is 3.48. The highest BCUT2D eigenvalue weighted by Gasteiger charge is 1.99. The summed E-state index contributed by atoms with van der Waals surface area (Å²) in [6.07, 6.45) is 2.24. The Balaban J connectivity index is 2.87. The van der Waals surface area contributed by atoms with Crippen molar-refractivity contribution in [1.82, 2.24) is 0 Å². The molecule has 12 heavy (non-hydrogen) atoms. The van der Waals surface area contributed by atoms with Crippen LogP contribution in [0.1, 0.15) is 24.5 Å². The van der Waals surface area contributed by atoms with Crippen molar-refractivity contribution in [3.8, 4) is 0 Å². The van der Waals surface area contributed by atoms with E-state index >= 15 is 0 Å². The van der Waals surface area contributed by atoms with Gasteiger partial charge in [-0.3, -0.25) is 0 Å². The molecule has 0 fully saturated rings. The molecule has 0 aliphatic heterocycles. The van der Waals surface area contributed by atoms with Gasteiger partial charge in [0, 0.05) is 4.47 Å². The topological polar surface area (TPSA) is 20.2 Å². The molecule has 0 amide bonds. The minimum Gasteiger partial charge on any atom is -0.392 e. The second-order valence-corrected chi connectivity index (χ2v) is 3.69. The molecule has 1 rings (SSSR count). The predicted molar refractivity (Wildman–Crippen MR) is 54.1 cm³/mol. The van der Waals surface area contributed by atoms with Crippen LogP contribution in [0, 0.1) is 0 Å². The van der Waals surface area contributed by atoms with Gasteiger partial charge in [-0.1, -0.05) is 41.4 Å². The molecule has 1 aromatic rings. The first-order chi connectivity index (χ1) is 5.77. The zero-order valence-electron chi connectivity index (χ0n) is 7.18. The zero-order valence-corrected chi connectivity index (χ0v) is 8.76. The summed E-state index contributed by atoms with van der Waals surface area (Å²) in [6, 6.07) is 6.01. The van der Waals surface area contributed by atoms with Crippen LogP contribution in [0.15, 0.2) is 22.7 Å². The van der Waals surface area contributed by atoms with Gasteiger partial charge in [0.05, 0.1) is 6.61 Å². The number of hydrogen-bond acceptors (Lipinski definition) is 1. The van der Waals surface area contributed by atoms with E-state index in [-0.39, 0.29) is 6.61 Å². The molecule has 2 heteroatoms. The van der Waals surface area contributed by atoms with Crippen LogP contribution in [0.3, 0.4) is 0 Å². The lowest BCUT2D eigenvalue weighted by atomic mass is 10.1. The summed E-state index contributed by atoms with van der Waals surface area (Å²) in [7, 11) is 0. The average molecular weight is 229 g/mol. The third kappa shape index (κ3) is 2.32. The Hall–Kier alpha value is -0.340. The van der Waals surface area contributed by atoms with Crippen molar-refractivity contribution < 1.29 is 5.11 Å². The minimum atomic E-state index is 0.116. The van der Waals surface area contributed by atoms with Crippen LogP contribution in [-0.4, -0.2) is 5.11 Å². The van der Waals surface area contributed by atoms with E-state index in [0.29, 0.717) is 0 Å². The normalized spacial score (nSPS) is 10.2. The Bertz CT molecular complexity index is 258. The maximum Gasteiger partial charge on any atom is 0.0682 e. The number of hydrogen-bond donors (Lipinski definition) is 1. The Morgan fingerprint density at radius 3 is 2.67 bits per heavy atom. The molecule has 0 aliphatic carbocycles. The second kappa shape index (κ2) is 4.63. The fourth-order valence-electron chi connectivity index (χ4n) is 1.16. The van der Waals surface area contributed by atoms with Gasteiger partial charge < -0.3 is 5.11 Å².